The van der Waals surface area contributed by atoms with Gasteiger partial charge in [0.25, 0.3) is 0 Å². The van der Waals surface area contributed by atoms with E-state index in [2.05, 4.69) is 0 Å². The van der Waals surface area contributed by atoms with Crippen LogP contribution in [0.1, 0.15) is 39.2 Å². The summed E-state index contributed by atoms with van der Waals surface area (Å²) in [4.78, 5) is 22.9. The Kier molecular flexibility index (Phi) is 8.42. The largest absolute Gasteiger partial charge is 0.466 e. The van der Waals surface area contributed by atoms with Crippen molar-refractivity contribution < 1.29 is 24.2 Å². The molecule has 0 heterocycles. The molecule has 1 N–H and O–H groups in total. The molecule has 0 aliphatic carbocycles. The maximum atomic E-state index is 11.6. The summed E-state index contributed by atoms with van der Waals surface area (Å²) in [7, 11) is 0. The molecule has 0 saturated heterocycles. The van der Waals surface area contributed by atoms with E-state index in [1.807, 2.05) is 0 Å². The molecule has 0 amide bonds. The van der Waals surface area contributed by atoms with Gasteiger partial charge in [-0.3, -0.25) is 9.59 Å². The van der Waals surface area contributed by atoms with Crippen LogP contribution in [0.15, 0.2) is 24.3 Å². The molecule has 0 aliphatic rings. The van der Waals surface area contributed by atoms with E-state index < -0.39 is 23.6 Å². The summed E-state index contributed by atoms with van der Waals surface area (Å²) in [5, 5.41) is 11.4. The summed E-state index contributed by atoms with van der Waals surface area (Å²) in [5.74, 6) is -1.01. The third kappa shape index (κ3) is 8.38. The maximum absolute atomic E-state index is 11.6. The molecule has 0 aliphatic heterocycles. The molecule has 1 aromatic rings. The van der Waals surface area contributed by atoms with Crippen molar-refractivity contribution in [3.8, 4) is 0 Å². The fourth-order valence-electron chi connectivity index (χ4n) is 2.24. The normalized spacial score (nSPS) is 14.8. The number of hydrogen-bond acceptors (Lipinski definition) is 5. The highest BCUT2D eigenvalue weighted by molar-refractivity contribution is 6.35. The summed E-state index contributed by atoms with van der Waals surface area (Å²) in [5.41, 5.74) is -0.700. The molecule has 2 unspecified atom stereocenters. The standard InChI is InChI=1S/C18H22Cl2O5/c1-4-24-17(22)11-18(3,23)10-15(25-12(2)21)8-6-13-5-7-14(19)9-16(13)20/h5-9,15,23H,4,10-11H2,1-3H3/b8-6+. The van der Waals surface area contributed by atoms with Gasteiger partial charge in [-0.25, -0.2) is 0 Å². The summed E-state index contributed by atoms with van der Waals surface area (Å²) in [6.07, 6.45) is 2.39. The van der Waals surface area contributed by atoms with Gasteiger partial charge in [-0.15, -0.1) is 0 Å². The van der Waals surface area contributed by atoms with Crippen LogP contribution in [-0.4, -0.2) is 35.4 Å². The number of hydrogen-bond donors (Lipinski definition) is 1. The molecule has 0 saturated carbocycles. The lowest BCUT2D eigenvalue weighted by Crippen LogP contribution is -2.34. The van der Waals surface area contributed by atoms with Gasteiger partial charge in [-0.05, 0) is 37.6 Å². The van der Waals surface area contributed by atoms with Gasteiger partial charge >= 0.3 is 11.9 Å². The van der Waals surface area contributed by atoms with Gasteiger partial charge in [0.2, 0.25) is 0 Å². The molecule has 2 atom stereocenters. The Hall–Kier alpha value is -1.56. The lowest BCUT2D eigenvalue weighted by atomic mass is 9.94. The van der Waals surface area contributed by atoms with Gasteiger partial charge in [-0.2, -0.15) is 0 Å². The van der Waals surface area contributed by atoms with Crippen molar-refractivity contribution in [2.45, 2.75) is 45.3 Å². The zero-order valence-electron chi connectivity index (χ0n) is 14.4. The molecular formula is C18H22Cl2O5. The average Bonchev–Trinajstić information content (AvgIpc) is 2.44. The zero-order chi connectivity index (χ0) is 19.0. The van der Waals surface area contributed by atoms with Crippen molar-refractivity contribution in [3.05, 3.63) is 39.9 Å². The van der Waals surface area contributed by atoms with E-state index in [9.17, 15) is 14.7 Å². The molecule has 0 bridgehead atoms. The van der Waals surface area contributed by atoms with Crippen LogP contribution in [0.4, 0.5) is 0 Å². The molecule has 1 aromatic carbocycles. The quantitative estimate of drug-likeness (QED) is 0.680. The Balaban J connectivity index is 2.87. The van der Waals surface area contributed by atoms with Crippen molar-refractivity contribution in [2.24, 2.45) is 0 Å². The number of rotatable bonds is 8. The topological polar surface area (TPSA) is 72.8 Å². The number of ether oxygens (including phenoxy) is 2. The molecule has 5 nitrogen and oxygen atoms in total. The number of carbonyl (C=O) groups is 2. The van der Waals surface area contributed by atoms with E-state index >= 15 is 0 Å². The van der Waals surface area contributed by atoms with Gasteiger partial charge in [0.15, 0.2) is 0 Å². The van der Waals surface area contributed by atoms with Gasteiger partial charge in [0.1, 0.15) is 6.10 Å². The van der Waals surface area contributed by atoms with E-state index in [1.165, 1.54) is 13.8 Å². The summed E-state index contributed by atoms with van der Waals surface area (Å²) in [6.45, 7) is 4.68. The molecule has 0 radical (unpaired) electrons. The molecule has 1 rings (SSSR count). The number of halogens is 2. The van der Waals surface area contributed by atoms with Crippen molar-refractivity contribution in [1.29, 1.82) is 0 Å². The monoisotopic (exact) mass is 388 g/mol. The van der Waals surface area contributed by atoms with Crippen LogP contribution in [-0.2, 0) is 19.1 Å². The molecule has 0 aromatic heterocycles. The van der Waals surface area contributed by atoms with Gasteiger partial charge in [-0.1, -0.05) is 35.3 Å². The van der Waals surface area contributed by atoms with Crippen LogP contribution in [0.2, 0.25) is 10.0 Å². The fraction of sp³-hybridized carbons (Fsp3) is 0.444. The number of esters is 2. The minimum atomic E-state index is -1.39. The minimum absolute atomic E-state index is 0.0348. The Morgan fingerprint density at radius 3 is 2.60 bits per heavy atom. The van der Waals surface area contributed by atoms with Crippen molar-refractivity contribution >= 4 is 41.2 Å². The maximum Gasteiger partial charge on any atom is 0.308 e. The summed E-state index contributed by atoms with van der Waals surface area (Å²) in [6, 6.07) is 5.01. The first-order chi connectivity index (χ1) is 11.6. The van der Waals surface area contributed by atoms with Crippen molar-refractivity contribution in [2.75, 3.05) is 6.61 Å². The van der Waals surface area contributed by atoms with E-state index in [0.29, 0.717) is 15.6 Å². The van der Waals surface area contributed by atoms with E-state index in [-0.39, 0.29) is 19.4 Å². The number of benzene rings is 1. The third-order valence-corrected chi connectivity index (χ3v) is 3.80. The first kappa shape index (κ1) is 21.5. The smallest absolute Gasteiger partial charge is 0.308 e. The lowest BCUT2D eigenvalue weighted by Gasteiger charge is -2.26. The van der Waals surface area contributed by atoms with E-state index in [4.69, 9.17) is 32.7 Å². The molecule has 0 spiro atoms. The SMILES string of the molecule is CCOC(=O)CC(C)(O)CC(/C=C/c1ccc(Cl)cc1Cl)OC(C)=O. The van der Waals surface area contributed by atoms with Crippen LogP contribution >= 0.6 is 23.2 Å². The third-order valence-electron chi connectivity index (χ3n) is 3.24. The predicted molar refractivity (Wildman–Crippen MR) is 97.5 cm³/mol. The fourth-order valence-corrected chi connectivity index (χ4v) is 2.71. The Bertz CT molecular complexity index is 640. The second-order valence-corrected chi connectivity index (χ2v) is 6.70. The molecule has 25 heavy (non-hydrogen) atoms. The molecule has 138 valence electrons. The summed E-state index contributed by atoms with van der Waals surface area (Å²) >= 11 is 12.0. The van der Waals surface area contributed by atoms with Crippen LogP contribution in [0.25, 0.3) is 6.08 Å². The zero-order valence-corrected chi connectivity index (χ0v) is 15.9. The number of aliphatic hydroxyl groups is 1. The van der Waals surface area contributed by atoms with Crippen molar-refractivity contribution in [3.63, 3.8) is 0 Å². The van der Waals surface area contributed by atoms with E-state index in [1.54, 1.807) is 37.3 Å². The second kappa shape index (κ2) is 9.80. The number of carbonyl (C=O) groups excluding carboxylic acids is 2. The Morgan fingerprint density at radius 1 is 1.36 bits per heavy atom. The van der Waals surface area contributed by atoms with Crippen LogP contribution in [0.3, 0.4) is 0 Å². The second-order valence-electron chi connectivity index (χ2n) is 5.86. The van der Waals surface area contributed by atoms with Gasteiger partial charge < -0.3 is 14.6 Å². The molecule has 7 heteroatoms. The lowest BCUT2D eigenvalue weighted by molar-refractivity contribution is -0.151. The summed E-state index contributed by atoms with van der Waals surface area (Å²) < 4.78 is 10.0. The van der Waals surface area contributed by atoms with Crippen LogP contribution in [0, 0.1) is 0 Å². The van der Waals surface area contributed by atoms with Gasteiger partial charge in [0, 0.05) is 23.4 Å². The van der Waals surface area contributed by atoms with E-state index in [0.717, 1.165) is 0 Å². The average molecular weight is 389 g/mol. The minimum Gasteiger partial charge on any atom is -0.466 e. The highest BCUT2D eigenvalue weighted by Gasteiger charge is 2.29. The Labute approximate surface area is 157 Å². The highest BCUT2D eigenvalue weighted by Crippen LogP contribution is 2.24. The highest BCUT2D eigenvalue weighted by atomic mass is 35.5. The first-order valence-electron chi connectivity index (χ1n) is 7.81. The van der Waals surface area contributed by atoms with Crippen molar-refractivity contribution in [1.82, 2.24) is 0 Å². The van der Waals surface area contributed by atoms with Crippen LogP contribution < -0.4 is 0 Å². The van der Waals surface area contributed by atoms with Crippen LogP contribution in [0.5, 0.6) is 0 Å². The Morgan fingerprint density at radius 2 is 2.04 bits per heavy atom. The molecule has 0 fully saturated rings. The molecular weight excluding hydrogens is 367 g/mol. The van der Waals surface area contributed by atoms with Gasteiger partial charge in [0.05, 0.1) is 18.6 Å². The first-order valence-corrected chi connectivity index (χ1v) is 8.57. The predicted octanol–water partition coefficient (Wildman–Crippen LogP) is 4.03.